The molecular formula is C23H22FN3O5. The third kappa shape index (κ3) is 3.97. The lowest BCUT2D eigenvalue weighted by molar-refractivity contribution is -0.374. The van der Waals surface area contributed by atoms with Gasteiger partial charge in [0.05, 0.1) is 10.9 Å². The van der Waals surface area contributed by atoms with E-state index in [-0.39, 0.29) is 21.3 Å². The Kier molecular flexibility index (Phi) is 5.27. The van der Waals surface area contributed by atoms with Gasteiger partial charge in [-0.1, -0.05) is 24.0 Å². The number of anilines is 2. The van der Waals surface area contributed by atoms with Crippen LogP contribution in [0.5, 0.6) is 0 Å². The summed E-state index contributed by atoms with van der Waals surface area (Å²) in [5.41, 5.74) is -0.308. The first-order valence-corrected chi connectivity index (χ1v) is 10.0. The van der Waals surface area contributed by atoms with Gasteiger partial charge in [0.25, 0.3) is 0 Å². The Hall–Kier alpha value is -3.29. The molecule has 0 bridgehead atoms. The minimum Gasteiger partial charge on any atom is -0.378 e. The van der Waals surface area contributed by atoms with Crippen molar-refractivity contribution in [3.8, 4) is 11.8 Å². The topological polar surface area (TPSA) is 119 Å². The first kappa shape index (κ1) is 21.9. The van der Waals surface area contributed by atoms with E-state index in [1.54, 1.807) is 30.9 Å². The van der Waals surface area contributed by atoms with Gasteiger partial charge in [-0.15, -0.1) is 0 Å². The number of hydrogen-bond donors (Lipinski definition) is 4. The van der Waals surface area contributed by atoms with E-state index in [1.807, 2.05) is 6.07 Å². The molecule has 0 saturated heterocycles. The number of aliphatic hydroxyl groups is 4. The summed E-state index contributed by atoms with van der Waals surface area (Å²) >= 11 is 0. The maximum Gasteiger partial charge on any atom is 0.377 e. The van der Waals surface area contributed by atoms with Crippen molar-refractivity contribution in [3.05, 3.63) is 63.8 Å². The van der Waals surface area contributed by atoms with E-state index in [4.69, 9.17) is 0 Å². The second-order valence-corrected chi connectivity index (χ2v) is 8.15. The van der Waals surface area contributed by atoms with Crippen LogP contribution in [-0.2, 0) is 12.5 Å². The molecule has 1 aliphatic rings. The number of nitrogens with zero attached hydrogens (tertiary/aromatic N) is 3. The molecule has 4 rings (SSSR count). The van der Waals surface area contributed by atoms with Crippen LogP contribution in [0.25, 0.3) is 10.9 Å². The Bertz CT molecular complexity index is 1330. The smallest absolute Gasteiger partial charge is 0.377 e. The fraction of sp³-hybridized carbons (Fsp3) is 0.304. The molecule has 9 heteroatoms. The molecule has 0 fully saturated rings. The van der Waals surface area contributed by atoms with Gasteiger partial charge in [-0.25, -0.2) is 13.8 Å². The van der Waals surface area contributed by atoms with E-state index in [1.165, 1.54) is 12.1 Å². The lowest BCUT2D eigenvalue weighted by Crippen LogP contribution is -2.43. The molecular weight excluding hydrogens is 417 g/mol. The predicted octanol–water partition coefficient (Wildman–Crippen LogP) is 1.29. The normalized spacial score (nSPS) is 14.2. The molecule has 0 amide bonds. The molecule has 0 radical (unpaired) electrons. The summed E-state index contributed by atoms with van der Waals surface area (Å²) in [6.07, 6.45) is -2.19. The van der Waals surface area contributed by atoms with Crippen molar-refractivity contribution in [2.45, 2.75) is 38.4 Å². The summed E-state index contributed by atoms with van der Waals surface area (Å²) in [5, 5.41) is 38.7. The molecule has 166 valence electrons. The lowest BCUT2D eigenvalue weighted by atomic mass is 9.95. The van der Waals surface area contributed by atoms with E-state index in [9.17, 15) is 29.6 Å². The predicted molar refractivity (Wildman–Crippen MR) is 116 cm³/mol. The summed E-state index contributed by atoms with van der Waals surface area (Å²) in [6.45, 7) is 3.59. The van der Waals surface area contributed by atoms with Crippen molar-refractivity contribution < 1.29 is 24.8 Å². The Morgan fingerprint density at radius 2 is 1.81 bits per heavy atom. The van der Waals surface area contributed by atoms with E-state index in [0.29, 0.717) is 30.6 Å². The van der Waals surface area contributed by atoms with Crippen molar-refractivity contribution in [1.29, 1.82) is 0 Å². The number of rotatable bonds is 2. The van der Waals surface area contributed by atoms with Crippen LogP contribution >= 0.6 is 0 Å². The monoisotopic (exact) mass is 439 g/mol. The maximum absolute atomic E-state index is 14.9. The highest BCUT2D eigenvalue weighted by Gasteiger charge is 2.31. The van der Waals surface area contributed by atoms with Crippen molar-refractivity contribution in [1.82, 2.24) is 9.55 Å². The van der Waals surface area contributed by atoms with E-state index in [0.717, 1.165) is 11.6 Å². The summed E-state index contributed by atoms with van der Waals surface area (Å²) in [5.74, 6) is 5.03. The van der Waals surface area contributed by atoms with Crippen LogP contribution in [0.4, 0.5) is 15.9 Å². The van der Waals surface area contributed by atoms with E-state index in [2.05, 4.69) is 16.8 Å². The Morgan fingerprint density at radius 1 is 1.09 bits per heavy atom. The van der Waals surface area contributed by atoms with Crippen LogP contribution in [0.15, 0.2) is 41.2 Å². The molecule has 0 aliphatic carbocycles. The summed E-state index contributed by atoms with van der Waals surface area (Å²) < 4.78 is 15.1. The van der Waals surface area contributed by atoms with Gasteiger partial charge in [-0.2, -0.15) is 4.98 Å². The SMILES string of the molecule is CC(C)(O)C#Cc1cccc2c1CCCN2c1nc(=O)n(C(O)(O)O)c2cccc(F)c12. The molecule has 0 spiro atoms. The fourth-order valence-corrected chi connectivity index (χ4v) is 3.89. The average molecular weight is 439 g/mol. The highest BCUT2D eigenvalue weighted by atomic mass is 19.1. The molecule has 2 aromatic carbocycles. The van der Waals surface area contributed by atoms with Gasteiger partial charge < -0.3 is 25.3 Å². The van der Waals surface area contributed by atoms with Crippen molar-refractivity contribution in [2.75, 3.05) is 11.4 Å². The number of benzene rings is 2. The van der Waals surface area contributed by atoms with E-state index >= 15 is 0 Å². The highest BCUT2D eigenvalue weighted by Crippen LogP contribution is 2.38. The van der Waals surface area contributed by atoms with E-state index < -0.39 is 23.2 Å². The van der Waals surface area contributed by atoms with Gasteiger partial charge in [-0.05, 0) is 56.5 Å². The standard InChI is InChI=1S/C23H22FN3O5/c1-22(2,29)12-11-14-6-3-9-17-15(14)7-5-13-26(17)20-19-16(24)8-4-10-18(19)27(21(28)25-20)23(30,31)32/h3-4,6,8-10,29-32H,5,7,13H2,1-2H3. The fourth-order valence-electron chi connectivity index (χ4n) is 3.89. The van der Waals surface area contributed by atoms with Crippen molar-refractivity contribution >= 4 is 22.4 Å². The zero-order valence-electron chi connectivity index (χ0n) is 17.5. The summed E-state index contributed by atoms with van der Waals surface area (Å²) in [4.78, 5) is 18.2. The molecule has 1 aromatic heterocycles. The molecule has 2 heterocycles. The van der Waals surface area contributed by atoms with Crippen LogP contribution < -0.4 is 10.6 Å². The third-order valence-electron chi connectivity index (χ3n) is 5.16. The Balaban J connectivity index is 1.97. The molecule has 3 aromatic rings. The van der Waals surface area contributed by atoms with Gasteiger partial charge in [0.15, 0.2) is 5.82 Å². The first-order chi connectivity index (χ1) is 15.0. The molecule has 32 heavy (non-hydrogen) atoms. The summed E-state index contributed by atoms with van der Waals surface area (Å²) in [6, 6.07) is 9.13. The van der Waals surface area contributed by atoms with Crippen LogP contribution in [0, 0.1) is 17.7 Å². The number of aromatic nitrogens is 2. The molecule has 0 unspecified atom stereocenters. The van der Waals surface area contributed by atoms with Gasteiger partial charge in [0, 0.05) is 17.8 Å². The quantitative estimate of drug-likeness (QED) is 0.351. The second-order valence-electron chi connectivity index (χ2n) is 8.15. The van der Waals surface area contributed by atoms with Crippen LogP contribution in [-0.4, -0.2) is 42.1 Å². The maximum atomic E-state index is 14.9. The Morgan fingerprint density at radius 3 is 2.50 bits per heavy atom. The number of hydrogen-bond acceptors (Lipinski definition) is 7. The first-order valence-electron chi connectivity index (χ1n) is 10.0. The molecule has 0 atom stereocenters. The second kappa shape index (κ2) is 7.69. The molecule has 4 N–H and O–H groups in total. The lowest BCUT2D eigenvalue weighted by Gasteiger charge is -2.32. The zero-order chi connectivity index (χ0) is 23.3. The highest BCUT2D eigenvalue weighted by molar-refractivity contribution is 5.93. The van der Waals surface area contributed by atoms with Gasteiger partial charge in [-0.3, -0.25) is 0 Å². The average Bonchev–Trinajstić information content (AvgIpc) is 2.69. The van der Waals surface area contributed by atoms with Crippen LogP contribution in [0.1, 0.15) is 31.4 Å². The van der Waals surface area contributed by atoms with Crippen LogP contribution in [0.3, 0.4) is 0 Å². The van der Waals surface area contributed by atoms with Gasteiger partial charge in [0.2, 0.25) is 0 Å². The minimum atomic E-state index is -3.55. The third-order valence-corrected chi connectivity index (χ3v) is 5.16. The number of halogens is 1. The summed E-state index contributed by atoms with van der Waals surface area (Å²) in [7, 11) is 0. The molecule has 0 saturated carbocycles. The van der Waals surface area contributed by atoms with Gasteiger partial charge in [0.1, 0.15) is 11.4 Å². The van der Waals surface area contributed by atoms with Crippen LogP contribution in [0.2, 0.25) is 0 Å². The Labute approximate surface area is 182 Å². The van der Waals surface area contributed by atoms with Crippen molar-refractivity contribution in [2.24, 2.45) is 0 Å². The molecule has 8 nitrogen and oxygen atoms in total. The van der Waals surface area contributed by atoms with Gasteiger partial charge >= 0.3 is 11.8 Å². The molecule has 1 aliphatic heterocycles. The zero-order valence-corrected chi connectivity index (χ0v) is 17.5. The largest absolute Gasteiger partial charge is 0.378 e. The number of fused-ring (bicyclic) bond motifs is 2. The van der Waals surface area contributed by atoms with Crippen molar-refractivity contribution in [3.63, 3.8) is 0 Å². The minimum absolute atomic E-state index is 0.00264.